The summed E-state index contributed by atoms with van der Waals surface area (Å²) in [5.74, 6) is 8.73. The molecule has 0 aliphatic heterocycles. The number of nitrogen functional groups attached to an aromatic ring is 1. The van der Waals surface area contributed by atoms with Crippen LogP contribution in [0.25, 0.3) is 11.4 Å². The van der Waals surface area contributed by atoms with Gasteiger partial charge in [-0.3, -0.25) is 0 Å². The molecule has 30 heavy (non-hydrogen) atoms. The third-order valence-corrected chi connectivity index (χ3v) is 5.34. The van der Waals surface area contributed by atoms with Crippen LogP contribution in [0.3, 0.4) is 0 Å². The quantitative estimate of drug-likeness (QED) is 0.335. The summed E-state index contributed by atoms with van der Waals surface area (Å²) in [5, 5.41) is 13.4. The predicted molar refractivity (Wildman–Crippen MR) is 115 cm³/mol. The lowest BCUT2D eigenvalue weighted by Gasteiger charge is -2.08. The Bertz CT molecular complexity index is 1160. The zero-order valence-corrected chi connectivity index (χ0v) is 17.9. The van der Waals surface area contributed by atoms with E-state index >= 15 is 0 Å². The van der Waals surface area contributed by atoms with Crippen molar-refractivity contribution in [3.63, 3.8) is 0 Å². The highest BCUT2D eigenvalue weighted by atomic mass is 35.5. The van der Waals surface area contributed by atoms with Crippen molar-refractivity contribution in [3.8, 4) is 17.1 Å². The van der Waals surface area contributed by atoms with Crippen LogP contribution >= 0.6 is 23.4 Å². The summed E-state index contributed by atoms with van der Waals surface area (Å²) < 4.78 is 12.5. The van der Waals surface area contributed by atoms with Crippen LogP contribution in [-0.2, 0) is 12.4 Å². The van der Waals surface area contributed by atoms with Gasteiger partial charge in [-0.1, -0.05) is 46.7 Å². The summed E-state index contributed by atoms with van der Waals surface area (Å²) in [6.45, 7) is 4.26. The Kier molecular flexibility index (Phi) is 5.91. The van der Waals surface area contributed by atoms with Gasteiger partial charge in [-0.25, -0.2) is 4.68 Å². The Morgan fingerprint density at radius 2 is 1.93 bits per heavy atom. The first-order valence-corrected chi connectivity index (χ1v) is 10.5. The lowest BCUT2D eigenvalue weighted by molar-refractivity contribution is 0.291. The second-order valence-corrected chi connectivity index (χ2v) is 8.07. The summed E-state index contributed by atoms with van der Waals surface area (Å²) in [6.07, 6.45) is 0. The highest BCUT2D eigenvalue weighted by Crippen LogP contribution is 2.24. The van der Waals surface area contributed by atoms with Crippen molar-refractivity contribution in [2.45, 2.75) is 31.4 Å². The first-order chi connectivity index (χ1) is 14.5. The van der Waals surface area contributed by atoms with Crippen LogP contribution in [0, 0.1) is 13.8 Å². The number of nitrogens with zero attached hydrogens (tertiary/aromatic N) is 5. The summed E-state index contributed by atoms with van der Waals surface area (Å²) in [7, 11) is 0. The molecule has 0 radical (unpaired) electrons. The molecule has 0 saturated heterocycles. The molecule has 10 heteroatoms. The molecular formula is C20H19ClN6O2S. The van der Waals surface area contributed by atoms with Gasteiger partial charge in [0, 0.05) is 10.6 Å². The third kappa shape index (κ3) is 4.74. The number of rotatable bonds is 7. The molecule has 2 aromatic carbocycles. The molecule has 154 valence electrons. The van der Waals surface area contributed by atoms with E-state index in [1.807, 2.05) is 38.1 Å². The maximum Gasteiger partial charge on any atom is 0.237 e. The zero-order chi connectivity index (χ0) is 21.1. The van der Waals surface area contributed by atoms with E-state index in [0.29, 0.717) is 33.5 Å². The lowest BCUT2D eigenvalue weighted by atomic mass is 10.1. The van der Waals surface area contributed by atoms with Crippen molar-refractivity contribution in [2.24, 2.45) is 0 Å². The smallest absolute Gasteiger partial charge is 0.237 e. The fourth-order valence-corrected chi connectivity index (χ4v) is 3.76. The fourth-order valence-electron chi connectivity index (χ4n) is 2.85. The van der Waals surface area contributed by atoms with Crippen molar-refractivity contribution in [3.05, 3.63) is 70.3 Å². The van der Waals surface area contributed by atoms with E-state index in [0.717, 1.165) is 22.4 Å². The van der Waals surface area contributed by atoms with Gasteiger partial charge in [0.25, 0.3) is 0 Å². The van der Waals surface area contributed by atoms with Gasteiger partial charge < -0.3 is 15.1 Å². The molecule has 2 N–H and O–H groups in total. The Morgan fingerprint density at radius 3 is 2.70 bits per heavy atom. The molecule has 0 amide bonds. The molecular weight excluding hydrogens is 424 g/mol. The van der Waals surface area contributed by atoms with E-state index < -0.39 is 0 Å². The first-order valence-electron chi connectivity index (χ1n) is 9.10. The molecule has 4 aromatic rings. The van der Waals surface area contributed by atoms with Crippen molar-refractivity contribution in [2.75, 3.05) is 5.84 Å². The van der Waals surface area contributed by atoms with Gasteiger partial charge in [0.1, 0.15) is 12.4 Å². The maximum absolute atomic E-state index is 6.11. The van der Waals surface area contributed by atoms with Crippen LogP contribution in [0.5, 0.6) is 5.75 Å². The molecule has 0 spiro atoms. The SMILES string of the molecule is Cc1cc(C)cc(OCc2nnc(SCc3nc(-c4cccc(Cl)c4)no3)n2N)c1. The second kappa shape index (κ2) is 8.76. The number of ether oxygens (including phenoxy) is 1. The summed E-state index contributed by atoms with van der Waals surface area (Å²) >= 11 is 7.36. The number of thioether (sulfide) groups is 1. The van der Waals surface area contributed by atoms with E-state index in [1.54, 1.807) is 12.1 Å². The van der Waals surface area contributed by atoms with Gasteiger partial charge in [0.05, 0.1) is 5.75 Å². The maximum atomic E-state index is 6.11. The largest absolute Gasteiger partial charge is 0.486 e. The molecule has 0 fully saturated rings. The standard InChI is InChI=1S/C20H19ClN6O2S/c1-12-6-13(2)8-16(7-12)28-10-17-24-25-20(27(17)22)30-11-18-23-19(26-29-18)14-4-3-5-15(21)9-14/h3-9H,10-11,22H2,1-2H3. The van der Waals surface area contributed by atoms with Gasteiger partial charge in [0.15, 0.2) is 5.82 Å². The average molecular weight is 443 g/mol. The number of aromatic nitrogens is 5. The summed E-state index contributed by atoms with van der Waals surface area (Å²) in [5.41, 5.74) is 3.05. The van der Waals surface area contributed by atoms with E-state index in [9.17, 15) is 0 Å². The summed E-state index contributed by atoms with van der Waals surface area (Å²) in [6, 6.07) is 13.3. The molecule has 2 aromatic heterocycles. The number of aryl methyl sites for hydroxylation is 2. The van der Waals surface area contributed by atoms with Gasteiger partial charge in [-0.15, -0.1) is 10.2 Å². The minimum Gasteiger partial charge on any atom is -0.486 e. The topological polar surface area (TPSA) is 105 Å². The van der Waals surface area contributed by atoms with Crippen LogP contribution in [0.1, 0.15) is 22.8 Å². The van der Waals surface area contributed by atoms with E-state index in [1.165, 1.54) is 16.4 Å². The fraction of sp³-hybridized carbons (Fsp3) is 0.200. The molecule has 0 unspecified atom stereocenters. The highest BCUT2D eigenvalue weighted by Gasteiger charge is 2.14. The molecule has 8 nitrogen and oxygen atoms in total. The van der Waals surface area contributed by atoms with Crippen LogP contribution in [-0.4, -0.2) is 25.0 Å². The van der Waals surface area contributed by atoms with E-state index in [-0.39, 0.29) is 6.61 Å². The third-order valence-electron chi connectivity index (χ3n) is 4.17. The molecule has 0 saturated carbocycles. The van der Waals surface area contributed by atoms with Crippen LogP contribution < -0.4 is 10.6 Å². The Hall–Kier alpha value is -3.04. The van der Waals surface area contributed by atoms with Crippen LogP contribution in [0.15, 0.2) is 52.1 Å². The predicted octanol–water partition coefficient (Wildman–Crippen LogP) is 4.18. The second-order valence-electron chi connectivity index (χ2n) is 6.69. The molecule has 0 bridgehead atoms. The molecule has 0 aliphatic rings. The molecule has 4 rings (SSSR count). The van der Waals surface area contributed by atoms with Gasteiger partial charge in [-0.05, 0) is 49.2 Å². The Labute approximate surface area is 182 Å². The van der Waals surface area contributed by atoms with Crippen molar-refractivity contribution < 1.29 is 9.26 Å². The number of benzene rings is 2. The zero-order valence-electron chi connectivity index (χ0n) is 16.4. The van der Waals surface area contributed by atoms with Crippen LogP contribution in [0.4, 0.5) is 0 Å². The minimum atomic E-state index is 0.215. The number of halogens is 1. The van der Waals surface area contributed by atoms with Crippen LogP contribution in [0.2, 0.25) is 5.02 Å². The van der Waals surface area contributed by atoms with Crippen molar-refractivity contribution >= 4 is 23.4 Å². The summed E-state index contributed by atoms with van der Waals surface area (Å²) in [4.78, 5) is 4.39. The number of nitrogens with two attached hydrogens (primary N) is 1. The van der Waals surface area contributed by atoms with E-state index in [2.05, 4.69) is 26.4 Å². The molecule has 0 atom stereocenters. The van der Waals surface area contributed by atoms with Crippen molar-refractivity contribution in [1.82, 2.24) is 25.0 Å². The Balaban J connectivity index is 1.37. The van der Waals surface area contributed by atoms with Gasteiger partial charge >= 0.3 is 0 Å². The van der Waals surface area contributed by atoms with Crippen molar-refractivity contribution in [1.29, 1.82) is 0 Å². The Morgan fingerprint density at radius 1 is 1.13 bits per heavy atom. The highest BCUT2D eigenvalue weighted by molar-refractivity contribution is 7.98. The monoisotopic (exact) mass is 442 g/mol. The van der Waals surface area contributed by atoms with Gasteiger partial charge in [0.2, 0.25) is 16.9 Å². The first kappa shape index (κ1) is 20.2. The van der Waals surface area contributed by atoms with E-state index in [4.69, 9.17) is 26.7 Å². The number of hydrogen-bond donors (Lipinski definition) is 1. The number of hydrogen-bond acceptors (Lipinski definition) is 8. The lowest BCUT2D eigenvalue weighted by Crippen LogP contribution is -2.15. The average Bonchev–Trinajstić information content (AvgIpc) is 3.31. The molecule has 2 heterocycles. The minimum absolute atomic E-state index is 0.215. The molecule has 0 aliphatic carbocycles. The normalized spacial score (nSPS) is 11.0. The van der Waals surface area contributed by atoms with Gasteiger partial charge in [-0.2, -0.15) is 4.98 Å².